The minimum Gasteiger partial charge on any atom is -0.467 e. The number of hydrogen-bond acceptors (Lipinski definition) is 5. The second-order valence-electron chi connectivity index (χ2n) is 6.51. The summed E-state index contributed by atoms with van der Waals surface area (Å²) in [5.74, 6) is -0.827. The fourth-order valence-corrected chi connectivity index (χ4v) is 3.76. The third-order valence-corrected chi connectivity index (χ3v) is 5.07. The summed E-state index contributed by atoms with van der Waals surface area (Å²) in [4.78, 5) is 14.1. The molecule has 1 aromatic rings. The van der Waals surface area contributed by atoms with Crippen molar-refractivity contribution in [2.45, 2.75) is 57.0 Å². The predicted molar refractivity (Wildman–Crippen MR) is 84.4 cm³/mol. The van der Waals surface area contributed by atoms with E-state index in [0.717, 1.165) is 18.4 Å². The van der Waals surface area contributed by atoms with Gasteiger partial charge in [0.2, 0.25) is 0 Å². The van der Waals surface area contributed by atoms with E-state index in [2.05, 4.69) is 11.8 Å². The molecule has 0 radical (unpaired) electrons. The van der Waals surface area contributed by atoms with Gasteiger partial charge in [-0.15, -0.1) is 0 Å². The lowest BCUT2D eigenvalue weighted by Crippen LogP contribution is -2.49. The normalized spacial score (nSPS) is 29.8. The van der Waals surface area contributed by atoms with E-state index in [1.807, 2.05) is 6.07 Å². The first kappa shape index (κ1) is 16.9. The molecule has 3 rings (SSSR count). The van der Waals surface area contributed by atoms with Crippen molar-refractivity contribution in [3.8, 4) is 6.07 Å². The Balaban J connectivity index is 1.78. The van der Waals surface area contributed by atoms with Crippen molar-refractivity contribution in [3.05, 3.63) is 35.1 Å². The van der Waals surface area contributed by atoms with Gasteiger partial charge in [0.25, 0.3) is 0 Å². The Labute approximate surface area is 141 Å². The zero-order chi connectivity index (χ0) is 17.3. The van der Waals surface area contributed by atoms with Crippen LogP contribution >= 0.6 is 0 Å². The van der Waals surface area contributed by atoms with Crippen molar-refractivity contribution < 1.29 is 18.7 Å². The molecule has 0 aliphatic carbocycles. The molecule has 0 bridgehead atoms. The molecule has 0 aromatic heterocycles. The number of ether oxygens (including phenoxy) is 2. The topological polar surface area (TPSA) is 62.6 Å². The van der Waals surface area contributed by atoms with Gasteiger partial charge in [0.1, 0.15) is 11.9 Å². The highest BCUT2D eigenvalue weighted by Crippen LogP contribution is 2.36. The fraction of sp³-hybridized carbons (Fsp3) is 0.556. The average Bonchev–Trinajstić information content (AvgIpc) is 3.02. The molecular formula is C18H21FN2O3. The van der Waals surface area contributed by atoms with Gasteiger partial charge in [0.05, 0.1) is 18.8 Å². The van der Waals surface area contributed by atoms with Crippen molar-refractivity contribution in [3.63, 3.8) is 0 Å². The lowest BCUT2D eigenvalue weighted by Gasteiger charge is -2.41. The first-order valence-electron chi connectivity index (χ1n) is 8.21. The van der Waals surface area contributed by atoms with Crippen LogP contribution in [0.25, 0.3) is 0 Å². The van der Waals surface area contributed by atoms with Gasteiger partial charge in [-0.1, -0.05) is 6.07 Å². The molecule has 4 atom stereocenters. The van der Waals surface area contributed by atoms with Gasteiger partial charge in [-0.3, -0.25) is 4.90 Å². The van der Waals surface area contributed by atoms with Crippen LogP contribution in [0.15, 0.2) is 18.2 Å². The van der Waals surface area contributed by atoms with Crippen molar-refractivity contribution in [2.75, 3.05) is 7.11 Å². The second kappa shape index (κ2) is 6.88. The summed E-state index contributed by atoms with van der Waals surface area (Å²) in [6, 6.07) is 6.99. The van der Waals surface area contributed by atoms with Gasteiger partial charge >= 0.3 is 5.97 Å². The molecule has 5 nitrogen and oxygen atoms in total. The van der Waals surface area contributed by atoms with Gasteiger partial charge in [0, 0.05) is 25.0 Å². The Morgan fingerprint density at radius 1 is 1.50 bits per heavy atom. The van der Waals surface area contributed by atoms with Crippen LogP contribution in [0.4, 0.5) is 4.39 Å². The third kappa shape index (κ3) is 3.14. The number of rotatable bonds is 3. The maximum Gasteiger partial charge on any atom is 0.335 e. The molecule has 1 aromatic carbocycles. The Kier molecular flexibility index (Phi) is 4.83. The van der Waals surface area contributed by atoms with Crippen LogP contribution in [0.1, 0.15) is 37.3 Å². The number of hydrogen-bond donors (Lipinski definition) is 0. The lowest BCUT2D eigenvalue weighted by atomic mass is 9.92. The minimum atomic E-state index is -0.513. The standard InChI is InChI=1S/C18H21FN2O3/c1-11-3-6-16-15(8-17(24-16)18(22)23-2)21(11)10-12-4-5-14(19)13(7-12)9-20/h4-5,7,11,15-17H,3,6,8,10H2,1-2H3/t11-,15+,16+,17-/m0/s1. The number of halogens is 1. The van der Waals surface area contributed by atoms with E-state index in [1.165, 1.54) is 13.2 Å². The molecule has 0 unspecified atom stereocenters. The number of carbonyl (C=O) groups is 1. The lowest BCUT2D eigenvalue weighted by molar-refractivity contribution is -0.153. The average molecular weight is 332 g/mol. The van der Waals surface area contributed by atoms with Crippen LogP contribution in [-0.4, -0.2) is 42.3 Å². The van der Waals surface area contributed by atoms with Crippen LogP contribution < -0.4 is 0 Å². The van der Waals surface area contributed by atoms with E-state index in [9.17, 15) is 9.18 Å². The first-order valence-corrected chi connectivity index (χ1v) is 8.21. The van der Waals surface area contributed by atoms with Crippen LogP contribution in [0, 0.1) is 17.1 Å². The molecule has 128 valence electrons. The van der Waals surface area contributed by atoms with Crippen LogP contribution in [-0.2, 0) is 20.8 Å². The van der Waals surface area contributed by atoms with Crippen LogP contribution in [0.5, 0.6) is 0 Å². The molecule has 2 fully saturated rings. The number of esters is 1. The molecule has 2 saturated heterocycles. The van der Waals surface area contributed by atoms with E-state index < -0.39 is 11.9 Å². The maximum absolute atomic E-state index is 13.5. The summed E-state index contributed by atoms with van der Waals surface area (Å²) in [6.07, 6.45) is 2.00. The van der Waals surface area contributed by atoms with Crippen molar-refractivity contribution >= 4 is 5.97 Å². The summed E-state index contributed by atoms with van der Waals surface area (Å²) in [7, 11) is 1.37. The molecule has 0 N–H and O–H groups in total. The van der Waals surface area contributed by atoms with Crippen molar-refractivity contribution in [2.24, 2.45) is 0 Å². The van der Waals surface area contributed by atoms with Gasteiger partial charge in [-0.25, -0.2) is 9.18 Å². The maximum atomic E-state index is 13.5. The number of methoxy groups -OCH3 is 1. The van der Waals surface area contributed by atoms with Gasteiger partial charge in [-0.2, -0.15) is 5.26 Å². The predicted octanol–water partition coefficient (Wildman–Crippen LogP) is 2.38. The second-order valence-corrected chi connectivity index (χ2v) is 6.51. The Hall–Kier alpha value is -1.97. The van der Waals surface area contributed by atoms with Gasteiger partial charge in [0.15, 0.2) is 6.10 Å². The highest BCUT2D eigenvalue weighted by Gasteiger charge is 2.45. The monoisotopic (exact) mass is 332 g/mol. The number of likely N-dealkylation sites (tertiary alicyclic amines) is 1. The number of piperidine rings is 1. The number of carbonyl (C=O) groups excluding carboxylic acids is 1. The summed E-state index contributed by atoms with van der Waals surface area (Å²) < 4.78 is 24.2. The molecule has 24 heavy (non-hydrogen) atoms. The molecule has 0 spiro atoms. The molecule has 2 aliphatic heterocycles. The highest BCUT2D eigenvalue weighted by atomic mass is 19.1. The molecule has 6 heteroatoms. The van der Waals surface area contributed by atoms with E-state index in [1.54, 1.807) is 12.1 Å². The van der Waals surface area contributed by atoms with Crippen molar-refractivity contribution in [1.82, 2.24) is 4.90 Å². The number of nitriles is 1. The van der Waals surface area contributed by atoms with Gasteiger partial charge < -0.3 is 9.47 Å². The summed E-state index contributed by atoms with van der Waals surface area (Å²) in [5, 5.41) is 9.00. The fourth-order valence-electron chi connectivity index (χ4n) is 3.76. The van der Waals surface area contributed by atoms with Crippen LogP contribution in [0.2, 0.25) is 0 Å². The third-order valence-electron chi connectivity index (χ3n) is 5.07. The zero-order valence-corrected chi connectivity index (χ0v) is 13.9. The SMILES string of the molecule is COC(=O)[C@@H]1C[C@@H]2[C@@H](CC[C@H](C)N2Cc2ccc(F)c(C#N)c2)O1. The Morgan fingerprint density at radius 3 is 3.00 bits per heavy atom. The quantitative estimate of drug-likeness (QED) is 0.795. The zero-order valence-electron chi connectivity index (χ0n) is 13.9. The largest absolute Gasteiger partial charge is 0.467 e. The molecule has 0 amide bonds. The summed E-state index contributed by atoms with van der Waals surface area (Å²) >= 11 is 0. The Morgan fingerprint density at radius 2 is 2.29 bits per heavy atom. The van der Waals surface area contributed by atoms with E-state index in [0.29, 0.717) is 19.0 Å². The van der Waals surface area contributed by atoms with Gasteiger partial charge in [-0.05, 0) is 37.5 Å². The van der Waals surface area contributed by atoms with E-state index >= 15 is 0 Å². The number of benzene rings is 1. The molecular weight excluding hydrogens is 311 g/mol. The minimum absolute atomic E-state index is 0.0150. The number of fused-ring (bicyclic) bond motifs is 1. The molecule has 0 saturated carbocycles. The van der Waals surface area contributed by atoms with E-state index in [-0.39, 0.29) is 23.7 Å². The smallest absolute Gasteiger partial charge is 0.335 e. The first-order chi connectivity index (χ1) is 11.5. The summed E-state index contributed by atoms with van der Waals surface area (Å²) in [6.45, 7) is 2.75. The van der Waals surface area contributed by atoms with E-state index in [4.69, 9.17) is 14.7 Å². The summed E-state index contributed by atoms with van der Waals surface area (Å²) in [5.41, 5.74) is 0.950. The molecule has 2 heterocycles. The molecule has 2 aliphatic rings. The highest BCUT2D eigenvalue weighted by molar-refractivity contribution is 5.75. The van der Waals surface area contributed by atoms with Crippen molar-refractivity contribution in [1.29, 1.82) is 5.26 Å². The number of nitrogens with zero attached hydrogens (tertiary/aromatic N) is 2. The van der Waals surface area contributed by atoms with Crippen LogP contribution in [0.3, 0.4) is 0 Å². The Bertz CT molecular complexity index is 673.